The number of rotatable bonds is 20. The van der Waals surface area contributed by atoms with Gasteiger partial charge in [-0.25, -0.2) is 0 Å². The third-order valence-corrected chi connectivity index (χ3v) is 22.7. The molecular weight excluding hydrogens is 1600 g/mol. The Morgan fingerprint density at radius 2 is 1.27 bits per heavy atom. The fraction of sp³-hybridized carbons (Fsp3) is 0.476. The van der Waals surface area contributed by atoms with E-state index in [4.69, 9.17) is 66.7 Å². The predicted molar refractivity (Wildman–Crippen MR) is 430 cm³/mol. The van der Waals surface area contributed by atoms with Crippen LogP contribution in [0.3, 0.4) is 0 Å². The van der Waals surface area contributed by atoms with E-state index in [0.29, 0.717) is 5.56 Å². The van der Waals surface area contributed by atoms with E-state index in [0.717, 1.165) is 73.4 Å². The van der Waals surface area contributed by atoms with Crippen molar-refractivity contribution in [3.63, 3.8) is 0 Å². The van der Waals surface area contributed by atoms with Gasteiger partial charge in [0.1, 0.15) is 95.5 Å². The number of nitrogens with two attached hydrogens (primary N) is 3. The molecule has 11 bridgehead atoms. The summed E-state index contributed by atoms with van der Waals surface area (Å²) < 4.78 is 52.4. The number of likely N-dealkylation sites (N-methyl/N-ethyl adjacent to an activating group) is 1. The first-order chi connectivity index (χ1) is 57.3. The lowest BCUT2D eigenvalue weighted by Gasteiger charge is -2.47. The summed E-state index contributed by atoms with van der Waals surface area (Å²) in [6.45, 7) is 10.7. The van der Waals surface area contributed by atoms with Gasteiger partial charge < -0.3 is 144 Å². The van der Waals surface area contributed by atoms with Gasteiger partial charge in [0, 0.05) is 47.7 Å². The number of aliphatic hydroxyl groups is 6. The predicted octanol–water partition coefficient (Wildman–Crippen LogP) is 2.26. The number of carbonyl (C=O) groups is 8. The van der Waals surface area contributed by atoms with Crippen molar-refractivity contribution < 1.29 is 122 Å². The van der Waals surface area contributed by atoms with E-state index in [2.05, 4.69) is 49.5 Å². The van der Waals surface area contributed by atoms with E-state index in [1.54, 1.807) is 12.1 Å². The molecule has 8 heterocycles. The monoisotopic (exact) mass is 1700 g/mol. The van der Waals surface area contributed by atoms with E-state index in [-0.39, 0.29) is 76.1 Å². The van der Waals surface area contributed by atoms with Gasteiger partial charge in [-0.3, -0.25) is 38.4 Å². The minimum absolute atomic E-state index is 0.00573. The number of halogens is 1. The molecule has 0 aliphatic carbocycles. The van der Waals surface area contributed by atoms with Crippen molar-refractivity contribution in [3.05, 3.63) is 153 Å². The molecule has 3 fully saturated rings. The van der Waals surface area contributed by atoms with Crippen molar-refractivity contribution in [1.82, 2.24) is 42.5 Å². The number of unbranched alkanes of at least 4 members (excludes halogenated alkanes) is 1. The first-order valence-electron chi connectivity index (χ1n) is 39.8. The summed E-state index contributed by atoms with van der Waals surface area (Å²) in [7, 11) is 1.49. The maximum absolute atomic E-state index is 16.6. The summed E-state index contributed by atoms with van der Waals surface area (Å²) in [6, 6.07) is 10.1. The minimum atomic E-state index is -2.34. The molecule has 8 amide bonds. The van der Waals surface area contributed by atoms with E-state index >= 15 is 28.8 Å². The average Bonchev–Trinajstić information content (AvgIpc) is 0.760. The van der Waals surface area contributed by atoms with Crippen molar-refractivity contribution in [2.75, 3.05) is 13.7 Å². The van der Waals surface area contributed by atoms with Gasteiger partial charge in [-0.05, 0) is 153 Å². The number of phenols is 3. The molecule has 8 aliphatic rings. The van der Waals surface area contributed by atoms with Crippen LogP contribution in [0.25, 0.3) is 11.1 Å². The standard InChI is InChI=1S/C84H104ClN11O25/c1-9-10-11-39-12-14-40(15-13-39)34-90-77(109)64-48-29-45(98)30-53(100)61(48)47-25-42(18-22-52(47)99)62-78(110)96-66(81(113)94-64)70(119-59-32-83(6,87)73(105)37(4)114-59)41-16-20-46(21-17-41)116-55-27-44-28-56(71(55)121-82-72(69(104)68(103)57(35-97)118-82)120-60-33-84(7,88)74(106)38(5)115-60)117-54-23-19-43(26-49(54)85)67(102)65(95-75(107)50(89-8)24-36(2)3)80(112)91-51(31-58(86)101)76(108)92-63(44)79(111)93-62/h12-23,25-30,36-38,50-51,57,59-60,62-70,72-74,82,89,97-100,102-106H,9-11,24,31-35,87-88H2,1-8H3,(H2,86,101)(H,90,109)(H,91,112)(H,92,108)(H,93,111)(H,94,113)(H,95,107)(H,96,110)/t37-,38-,50+,51-,57+,59-,60-,62+,63+,64-,65+,66-,67?,68+,69-,70+,72+,73-,74-,82-,83-,84-/m0/s1. The van der Waals surface area contributed by atoms with Gasteiger partial charge in [-0.2, -0.15) is 0 Å². The molecule has 3 saturated heterocycles. The Morgan fingerprint density at radius 1 is 0.661 bits per heavy atom. The molecule has 0 aromatic heterocycles. The Morgan fingerprint density at radius 3 is 1.89 bits per heavy atom. The van der Waals surface area contributed by atoms with E-state index in [1.807, 2.05) is 26.0 Å². The molecule has 22 atom stereocenters. The summed E-state index contributed by atoms with van der Waals surface area (Å²) in [5.41, 5.74) is 16.0. The number of carbonyl (C=O) groups excluding carboxylic acids is 8. The highest BCUT2D eigenvalue weighted by Gasteiger charge is 2.52. The molecule has 1 unspecified atom stereocenters. The molecule has 37 heteroatoms. The van der Waals surface area contributed by atoms with Crippen LogP contribution in [-0.2, 0) is 75.0 Å². The quantitative estimate of drug-likeness (QED) is 0.0521. The van der Waals surface area contributed by atoms with Crippen LogP contribution in [0.5, 0.6) is 46.0 Å². The molecular formula is C84H104ClN11O25. The molecule has 6 aromatic rings. The summed E-state index contributed by atoms with van der Waals surface area (Å²) in [5, 5.41) is 126. The molecule has 8 aliphatic heterocycles. The second kappa shape index (κ2) is 37.5. The van der Waals surface area contributed by atoms with Crippen LogP contribution < -0.4 is 73.9 Å². The van der Waals surface area contributed by atoms with Crippen LogP contribution >= 0.6 is 11.6 Å². The summed E-state index contributed by atoms with van der Waals surface area (Å²) in [6.07, 6.45) is -19.6. The molecule has 0 saturated carbocycles. The van der Waals surface area contributed by atoms with Crippen molar-refractivity contribution in [2.45, 2.75) is 233 Å². The largest absolute Gasteiger partial charge is 0.508 e. The van der Waals surface area contributed by atoms with Gasteiger partial charge in [0.15, 0.2) is 30.2 Å². The van der Waals surface area contributed by atoms with Crippen LogP contribution in [0.1, 0.15) is 156 Å². The number of phenolic OH excluding ortho intramolecular Hbond substituents is 3. The average molecular weight is 1700 g/mol. The van der Waals surface area contributed by atoms with Gasteiger partial charge in [0.05, 0.1) is 48.5 Å². The van der Waals surface area contributed by atoms with Crippen molar-refractivity contribution >= 4 is 58.9 Å². The smallest absolute Gasteiger partial charge is 0.248 e. The third kappa shape index (κ3) is 20.2. The number of hydrogen-bond acceptors (Lipinski definition) is 28. The highest BCUT2D eigenvalue weighted by Crippen LogP contribution is 2.50. The van der Waals surface area contributed by atoms with Gasteiger partial charge in [0.2, 0.25) is 59.3 Å². The number of hydrogen-bond donors (Lipinski definition) is 20. The molecule has 23 N–H and O–H groups in total. The van der Waals surface area contributed by atoms with Gasteiger partial charge >= 0.3 is 0 Å². The summed E-state index contributed by atoms with van der Waals surface area (Å²) in [4.78, 5) is 123. The number of aromatic hydroxyl groups is 3. The Hall–Kier alpha value is -10.4. The van der Waals surface area contributed by atoms with E-state index in [9.17, 15) is 55.5 Å². The molecule has 36 nitrogen and oxygen atoms in total. The topological polar surface area (TPSA) is 567 Å². The van der Waals surface area contributed by atoms with Crippen LogP contribution in [0.2, 0.25) is 5.02 Å². The van der Waals surface area contributed by atoms with Crippen LogP contribution in [0.4, 0.5) is 0 Å². The molecule has 6 aromatic carbocycles. The number of aryl methyl sites for hydroxylation is 1. The fourth-order valence-electron chi connectivity index (χ4n) is 15.7. The number of fused-ring (bicyclic) bond motifs is 15. The zero-order valence-corrected chi connectivity index (χ0v) is 68.3. The minimum Gasteiger partial charge on any atom is -0.508 e. The Labute approximate surface area is 700 Å². The summed E-state index contributed by atoms with van der Waals surface area (Å²) in [5.74, 6) is -14.1. The van der Waals surface area contributed by atoms with Gasteiger partial charge in [-0.15, -0.1) is 0 Å². The van der Waals surface area contributed by atoms with Crippen molar-refractivity contribution in [1.29, 1.82) is 0 Å². The number of ether oxygens (including phenoxy) is 8. The SMILES string of the molecule is CCCCc1ccc(CNC(=O)[C@H]2NC(=O)[C@H]3NC(=O)[C@H](NC(=O)[C@@H]4NC(=O)[C@H](CC(N)=O)NC(=O)[C@H](NC(=O)[C@@H](CC(C)C)NC)C(O)c5ccc(c(Cl)c5)Oc5cc4cc(c5O[C@@H]4O[C@H](CO)[C@@H](O)[C@H](O)[C@H]4O[C@H]4C[C@](C)(N)[C@@H](O)[C@H](C)O4)Oc4ccc(cc4)[C@H]3O[C@H]3C[C@](C)(N)[C@@H](O)[C@H](C)O3)c3ccc(O)c(c3)-c3c(O)cc(O)cc32)cc1. The zero-order valence-electron chi connectivity index (χ0n) is 67.5. The second-order valence-corrected chi connectivity index (χ2v) is 32.8. The van der Waals surface area contributed by atoms with Crippen molar-refractivity contribution in [3.8, 4) is 57.1 Å². The lowest BCUT2D eigenvalue weighted by molar-refractivity contribution is -0.333. The van der Waals surface area contributed by atoms with E-state index in [1.165, 1.54) is 71.1 Å². The lowest BCUT2D eigenvalue weighted by Crippen LogP contribution is -2.64. The molecule has 0 spiro atoms. The Kier molecular flexibility index (Phi) is 27.9. The van der Waals surface area contributed by atoms with Gasteiger partial charge in [-0.1, -0.05) is 87.3 Å². The highest BCUT2D eigenvalue weighted by molar-refractivity contribution is 6.32. The third-order valence-electron chi connectivity index (χ3n) is 22.4. The number of aliphatic hydroxyl groups excluding tert-OH is 6. The van der Waals surface area contributed by atoms with E-state index < -0.39 is 239 Å². The van der Waals surface area contributed by atoms with Crippen LogP contribution in [0, 0.1) is 5.92 Å². The zero-order chi connectivity index (χ0) is 87.5. The second-order valence-electron chi connectivity index (χ2n) is 32.4. The summed E-state index contributed by atoms with van der Waals surface area (Å²) >= 11 is 7.19. The first-order valence-corrected chi connectivity index (χ1v) is 40.2. The normalized spacial score (nSPS) is 30.3. The fourth-order valence-corrected chi connectivity index (χ4v) is 15.9. The first kappa shape index (κ1) is 89.9. The Bertz CT molecular complexity index is 4830. The number of amides is 8. The maximum atomic E-state index is 16.6. The number of nitrogens with one attached hydrogen (secondary N) is 8. The molecule has 14 rings (SSSR count). The van der Waals surface area contributed by atoms with Crippen LogP contribution in [-0.4, -0.2) is 210 Å². The van der Waals surface area contributed by atoms with Crippen molar-refractivity contribution in [2.24, 2.45) is 23.1 Å². The highest BCUT2D eigenvalue weighted by atomic mass is 35.5. The molecule has 0 radical (unpaired) electrons. The van der Waals surface area contributed by atoms with Gasteiger partial charge in [0.25, 0.3) is 0 Å². The molecule has 652 valence electrons. The number of benzene rings is 6. The Balaban J connectivity index is 1.10. The molecule has 121 heavy (non-hydrogen) atoms. The maximum Gasteiger partial charge on any atom is 0.248 e. The lowest BCUT2D eigenvalue weighted by atomic mass is 9.86. The van der Waals surface area contributed by atoms with Crippen LogP contribution in [0.15, 0.2) is 109 Å². The number of primary amides is 1.